The lowest BCUT2D eigenvalue weighted by atomic mass is 9.99. The lowest BCUT2D eigenvalue weighted by Gasteiger charge is -2.11. The number of rotatable bonds is 5. The highest BCUT2D eigenvalue weighted by Crippen LogP contribution is 2.37. The molecule has 4 aromatic rings. The molecule has 0 radical (unpaired) electrons. The fourth-order valence-corrected chi connectivity index (χ4v) is 3.78. The molecule has 1 amide bonds. The van der Waals surface area contributed by atoms with Crippen LogP contribution >= 0.6 is 11.6 Å². The second-order valence-corrected chi connectivity index (χ2v) is 8.26. The van der Waals surface area contributed by atoms with Gasteiger partial charge in [0.1, 0.15) is 11.3 Å². The number of benzene rings is 3. The Hall–Kier alpha value is -3.50. The van der Waals surface area contributed by atoms with Crippen molar-refractivity contribution in [3.8, 4) is 16.9 Å². The molecule has 0 aliphatic heterocycles. The zero-order chi connectivity index (χ0) is 22.8. The van der Waals surface area contributed by atoms with Crippen molar-refractivity contribution in [2.24, 2.45) is 0 Å². The first-order valence-corrected chi connectivity index (χ1v) is 10.7. The number of anilines is 1. The first-order valence-electron chi connectivity index (χ1n) is 10.3. The fourth-order valence-electron chi connectivity index (χ4n) is 3.66. The summed E-state index contributed by atoms with van der Waals surface area (Å²) in [6.07, 6.45) is 3.31. The minimum Gasteiger partial charge on any atom is -0.496 e. The van der Waals surface area contributed by atoms with Crippen LogP contribution in [0.15, 0.2) is 71.4 Å². The van der Waals surface area contributed by atoms with Crippen molar-refractivity contribution in [3.63, 3.8) is 0 Å². The monoisotopic (exact) mass is 445 g/mol. The Morgan fingerprint density at radius 1 is 1.03 bits per heavy atom. The number of nitrogens with one attached hydrogen (secondary N) is 1. The number of fused-ring (bicyclic) bond motifs is 1. The van der Waals surface area contributed by atoms with Crippen LogP contribution in [0, 0.1) is 13.8 Å². The standard InChI is InChI=1S/C27H24ClNO3/c1-16-5-10-21(11-17(16)2)29-27(30)12-18(3)22-13-23-24(19-6-8-20(28)9-7-19)15-32-26(23)14-25(22)31-4/h5-15H,1-4H3,(H,29,30)/b18-12+. The number of aryl methyl sites for hydroxylation is 2. The fraction of sp³-hybridized carbons (Fsp3) is 0.148. The zero-order valence-electron chi connectivity index (χ0n) is 18.5. The van der Waals surface area contributed by atoms with E-state index in [0.29, 0.717) is 16.4 Å². The van der Waals surface area contributed by atoms with E-state index in [1.807, 2.05) is 75.4 Å². The number of carbonyl (C=O) groups excluding carboxylic acids is 1. The van der Waals surface area contributed by atoms with E-state index in [1.54, 1.807) is 19.4 Å². The van der Waals surface area contributed by atoms with Gasteiger partial charge in [0.2, 0.25) is 5.91 Å². The van der Waals surface area contributed by atoms with E-state index < -0.39 is 0 Å². The van der Waals surface area contributed by atoms with Crippen LogP contribution in [0.2, 0.25) is 5.02 Å². The van der Waals surface area contributed by atoms with E-state index in [0.717, 1.165) is 38.9 Å². The second-order valence-electron chi connectivity index (χ2n) is 7.82. The molecule has 0 saturated heterocycles. The first kappa shape index (κ1) is 21.7. The molecule has 0 bridgehead atoms. The predicted octanol–water partition coefficient (Wildman–Crippen LogP) is 7.42. The van der Waals surface area contributed by atoms with Gasteiger partial charge in [-0.3, -0.25) is 4.79 Å². The summed E-state index contributed by atoms with van der Waals surface area (Å²) >= 11 is 6.04. The SMILES string of the molecule is COc1cc2occ(-c3ccc(Cl)cc3)c2cc1/C(C)=C/C(=O)Nc1ccc(C)c(C)c1. The third kappa shape index (κ3) is 4.41. The molecular formula is C27H24ClNO3. The van der Waals surface area contributed by atoms with Crippen molar-refractivity contribution in [2.45, 2.75) is 20.8 Å². The van der Waals surface area contributed by atoms with E-state index in [1.165, 1.54) is 5.56 Å². The van der Waals surface area contributed by atoms with Crippen LogP contribution in [0.4, 0.5) is 5.69 Å². The maximum atomic E-state index is 12.7. The van der Waals surface area contributed by atoms with Crippen LogP contribution in [-0.2, 0) is 4.79 Å². The molecule has 0 unspecified atom stereocenters. The molecule has 0 aliphatic carbocycles. The van der Waals surface area contributed by atoms with Crippen LogP contribution in [0.1, 0.15) is 23.6 Å². The predicted molar refractivity (Wildman–Crippen MR) is 131 cm³/mol. The van der Waals surface area contributed by atoms with E-state index in [9.17, 15) is 4.79 Å². The zero-order valence-corrected chi connectivity index (χ0v) is 19.2. The summed E-state index contributed by atoms with van der Waals surface area (Å²) in [5.41, 5.74) is 7.36. The Balaban J connectivity index is 1.69. The van der Waals surface area contributed by atoms with Gasteiger partial charge in [0, 0.05) is 39.4 Å². The maximum absolute atomic E-state index is 12.7. The van der Waals surface area contributed by atoms with Crippen molar-refractivity contribution < 1.29 is 13.9 Å². The van der Waals surface area contributed by atoms with E-state index in [4.69, 9.17) is 20.8 Å². The van der Waals surface area contributed by atoms with Crippen LogP contribution in [0.3, 0.4) is 0 Å². The van der Waals surface area contributed by atoms with Gasteiger partial charge in [-0.05, 0) is 73.4 Å². The van der Waals surface area contributed by atoms with Gasteiger partial charge in [-0.2, -0.15) is 0 Å². The molecule has 0 spiro atoms. The minimum absolute atomic E-state index is 0.196. The Labute approximate surface area is 192 Å². The minimum atomic E-state index is -0.196. The highest BCUT2D eigenvalue weighted by molar-refractivity contribution is 6.30. The molecule has 5 heteroatoms. The molecule has 162 valence electrons. The molecule has 0 aliphatic rings. The molecule has 0 fully saturated rings. The maximum Gasteiger partial charge on any atom is 0.248 e. The molecule has 0 saturated carbocycles. The van der Waals surface area contributed by atoms with Gasteiger partial charge < -0.3 is 14.5 Å². The molecule has 1 N–H and O–H groups in total. The van der Waals surface area contributed by atoms with Crippen LogP contribution in [0.25, 0.3) is 27.7 Å². The number of halogens is 1. The van der Waals surface area contributed by atoms with Crippen LogP contribution in [-0.4, -0.2) is 13.0 Å². The molecular weight excluding hydrogens is 422 g/mol. The van der Waals surface area contributed by atoms with Crippen LogP contribution in [0.5, 0.6) is 5.75 Å². The molecule has 4 nitrogen and oxygen atoms in total. The summed E-state index contributed by atoms with van der Waals surface area (Å²) in [6.45, 7) is 5.96. The number of amides is 1. The average Bonchev–Trinajstić information content (AvgIpc) is 3.18. The number of carbonyl (C=O) groups is 1. The number of hydrogen-bond donors (Lipinski definition) is 1. The summed E-state index contributed by atoms with van der Waals surface area (Å²) in [7, 11) is 1.61. The average molecular weight is 446 g/mol. The van der Waals surface area contributed by atoms with Gasteiger partial charge >= 0.3 is 0 Å². The van der Waals surface area contributed by atoms with Gasteiger partial charge in [-0.15, -0.1) is 0 Å². The Bertz CT molecular complexity index is 1330. The Morgan fingerprint density at radius 2 is 1.78 bits per heavy atom. The summed E-state index contributed by atoms with van der Waals surface area (Å²) in [5.74, 6) is 0.445. The van der Waals surface area contributed by atoms with Gasteiger partial charge in [0.05, 0.1) is 13.4 Å². The normalized spacial score (nSPS) is 11.6. The largest absolute Gasteiger partial charge is 0.496 e. The van der Waals surface area contributed by atoms with Gasteiger partial charge in [0.15, 0.2) is 0 Å². The van der Waals surface area contributed by atoms with Gasteiger partial charge in [-0.1, -0.05) is 29.8 Å². The molecule has 32 heavy (non-hydrogen) atoms. The summed E-state index contributed by atoms with van der Waals surface area (Å²) in [6, 6.07) is 17.3. The summed E-state index contributed by atoms with van der Waals surface area (Å²) in [4.78, 5) is 12.7. The van der Waals surface area contributed by atoms with E-state index >= 15 is 0 Å². The Kier molecular flexibility index (Phi) is 6.06. The second kappa shape index (κ2) is 8.93. The van der Waals surface area contributed by atoms with Crippen LogP contribution < -0.4 is 10.1 Å². The molecule has 4 rings (SSSR count). The number of furan rings is 1. The highest BCUT2D eigenvalue weighted by Gasteiger charge is 2.15. The summed E-state index contributed by atoms with van der Waals surface area (Å²) in [5, 5.41) is 4.55. The third-order valence-electron chi connectivity index (χ3n) is 5.60. The summed E-state index contributed by atoms with van der Waals surface area (Å²) < 4.78 is 11.4. The highest BCUT2D eigenvalue weighted by atomic mass is 35.5. The third-order valence-corrected chi connectivity index (χ3v) is 5.85. The number of methoxy groups -OCH3 is 1. The van der Waals surface area contributed by atoms with Gasteiger partial charge in [-0.25, -0.2) is 0 Å². The molecule has 1 heterocycles. The molecule has 0 atom stereocenters. The number of hydrogen-bond acceptors (Lipinski definition) is 3. The molecule has 1 aromatic heterocycles. The van der Waals surface area contributed by atoms with Crippen molar-refractivity contribution >= 4 is 39.7 Å². The first-order chi connectivity index (χ1) is 15.4. The van der Waals surface area contributed by atoms with Gasteiger partial charge in [0.25, 0.3) is 0 Å². The van der Waals surface area contributed by atoms with Crippen molar-refractivity contribution in [2.75, 3.05) is 12.4 Å². The van der Waals surface area contributed by atoms with Crippen molar-refractivity contribution in [3.05, 3.63) is 88.6 Å². The quantitative estimate of drug-likeness (QED) is 0.325. The van der Waals surface area contributed by atoms with Crippen molar-refractivity contribution in [1.29, 1.82) is 0 Å². The van der Waals surface area contributed by atoms with E-state index in [2.05, 4.69) is 5.32 Å². The number of allylic oxidation sites excluding steroid dienone is 1. The topological polar surface area (TPSA) is 51.5 Å². The lowest BCUT2D eigenvalue weighted by Crippen LogP contribution is -2.09. The number of ether oxygens (including phenoxy) is 1. The Morgan fingerprint density at radius 3 is 2.47 bits per heavy atom. The van der Waals surface area contributed by atoms with Crippen molar-refractivity contribution in [1.82, 2.24) is 0 Å². The smallest absolute Gasteiger partial charge is 0.248 e. The van der Waals surface area contributed by atoms with E-state index in [-0.39, 0.29) is 5.91 Å². The molecule has 3 aromatic carbocycles. The lowest BCUT2D eigenvalue weighted by molar-refractivity contribution is -0.111.